The second-order valence-electron chi connectivity index (χ2n) is 2.52. The van der Waals surface area contributed by atoms with E-state index in [0.29, 0.717) is 0 Å². The fourth-order valence-electron chi connectivity index (χ4n) is 1.23. The van der Waals surface area contributed by atoms with Crippen molar-refractivity contribution in [3.8, 4) is 5.75 Å². The third-order valence-electron chi connectivity index (χ3n) is 1.85. The molecular weight excluding hydrogens is 386 g/mol. The zero-order valence-corrected chi connectivity index (χ0v) is 12.9. The Balaban J connectivity index is 0. The van der Waals surface area contributed by atoms with Crippen molar-refractivity contribution in [1.29, 1.82) is 0 Å². The third kappa shape index (κ3) is 3.34. The molecule has 0 saturated heterocycles. The molecule has 1 nitrogen and oxygen atoms in total. The SMILES string of the molecule is COc1ccc2[cH-]ccc2c1.Cl.Cl.[Hf]. The van der Waals surface area contributed by atoms with Crippen molar-refractivity contribution in [2.45, 2.75) is 0 Å². The summed E-state index contributed by atoms with van der Waals surface area (Å²) < 4.78 is 5.09. The Morgan fingerprint density at radius 3 is 2.50 bits per heavy atom. The molecule has 0 spiro atoms. The van der Waals surface area contributed by atoms with Gasteiger partial charge in [0.15, 0.2) is 0 Å². The van der Waals surface area contributed by atoms with Gasteiger partial charge in [-0.3, -0.25) is 0 Å². The molecule has 2 rings (SSSR count). The van der Waals surface area contributed by atoms with Gasteiger partial charge in [0, 0.05) is 25.8 Å². The van der Waals surface area contributed by atoms with Gasteiger partial charge < -0.3 is 4.74 Å². The van der Waals surface area contributed by atoms with Gasteiger partial charge in [-0.15, -0.1) is 47.7 Å². The van der Waals surface area contributed by atoms with Gasteiger partial charge >= 0.3 is 0 Å². The minimum atomic E-state index is 0. The summed E-state index contributed by atoms with van der Waals surface area (Å²) in [6.07, 6.45) is 0. The Hall–Kier alpha value is 0.0801. The molecule has 0 unspecified atom stereocenters. The minimum Gasteiger partial charge on any atom is -0.498 e. The van der Waals surface area contributed by atoms with Gasteiger partial charge in [-0.25, -0.2) is 0 Å². The molecule has 0 aliphatic carbocycles. The van der Waals surface area contributed by atoms with E-state index in [4.69, 9.17) is 4.74 Å². The first-order valence-electron chi connectivity index (χ1n) is 3.59. The number of benzene rings is 1. The molecular formula is C10H11Cl2HfO-. The van der Waals surface area contributed by atoms with Crippen molar-refractivity contribution >= 4 is 35.6 Å². The number of halogens is 2. The zero-order chi connectivity index (χ0) is 7.68. The molecule has 0 atom stereocenters. The van der Waals surface area contributed by atoms with E-state index >= 15 is 0 Å². The number of rotatable bonds is 1. The Labute approximate surface area is 115 Å². The van der Waals surface area contributed by atoms with Gasteiger partial charge in [-0.1, -0.05) is 12.1 Å². The number of ether oxygens (including phenoxy) is 1. The molecule has 0 saturated carbocycles. The van der Waals surface area contributed by atoms with Crippen molar-refractivity contribution in [2.75, 3.05) is 7.11 Å². The van der Waals surface area contributed by atoms with Crippen molar-refractivity contribution < 1.29 is 30.6 Å². The van der Waals surface area contributed by atoms with Crippen LogP contribution in [0.5, 0.6) is 5.75 Å². The topological polar surface area (TPSA) is 9.23 Å². The minimum absolute atomic E-state index is 0. The summed E-state index contributed by atoms with van der Waals surface area (Å²) in [7, 11) is 1.68. The smallest absolute Gasteiger partial charge is 0.0999 e. The van der Waals surface area contributed by atoms with Crippen LogP contribution in [0.25, 0.3) is 10.8 Å². The monoisotopic (exact) mass is 397 g/mol. The van der Waals surface area contributed by atoms with E-state index < -0.39 is 0 Å². The number of methoxy groups -OCH3 is 1. The third-order valence-corrected chi connectivity index (χ3v) is 1.85. The molecule has 0 N–H and O–H groups in total. The summed E-state index contributed by atoms with van der Waals surface area (Å²) in [4.78, 5) is 0. The van der Waals surface area contributed by atoms with E-state index in [1.54, 1.807) is 7.11 Å². The molecule has 2 aromatic rings. The van der Waals surface area contributed by atoms with E-state index in [9.17, 15) is 0 Å². The molecule has 2 aromatic carbocycles. The normalized spacial score (nSPS) is 8.07. The van der Waals surface area contributed by atoms with Gasteiger partial charge in [0.1, 0.15) is 0 Å². The standard InChI is InChI=1S/C10H9O.2ClH.Hf/c1-11-10-6-5-8-3-2-4-9(8)7-10;;;/h2-7H,1H3;2*1H;/q-1;;;. The Kier molecular flexibility index (Phi) is 8.70. The largest absolute Gasteiger partial charge is 0.498 e. The fourth-order valence-corrected chi connectivity index (χ4v) is 1.23. The predicted molar refractivity (Wildman–Crippen MR) is 60.6 cm³/mol. The molecule has 0 fully saturated rings. The second-order valence-corrected chi connectivity index (χ2v) is 2.52. The Morgan fingerprint density at radius 1 is 1.14 bits per heavy atom. The van der Waals surface area contributed by atoms with E-state index in [-0.39, 0.29) is 50.7 Å². The van der Waals surface area contributed by atoms with E-state index in [0.717, 1.165) is 5.75 Å². The van der Waals surface area contributed by atoms with Crippen molar-refractivity contribution in [3.63, 3.8) is 0 Å². The first kappa shape index (κ1) is 16.5. The van der Waals surface area contributed by atoms with Gasteiger partial charge in [-0.2, -0.15) is 12.1 Å². The summed E-state index contributed by atoms with van der Waals surface area (Å²) in [5, 5.41) is 2.51. The maximum atomic E-state index is 5.09. The summed E-state index contributed by atoms with van der Waals surface area (Å²) >= 11 is 0. The predicted octanol–water partition coefficient (Wildman–Crippen LogP) is 3.41. The second kappa shape index (κ2) is 7.38. The maximum Gasteiger partial charge on any atom is 0.0999 e. The molecule has 14 heavy (non-hydrogen) atoms. The molecule has 0 aliphatic rings. The molecule has 4 heteroatoms. The molecule has 76 valence electrons. The first-order valence-corrected chi connectivity index (χ1v) is 3.59. The summed E-state index contributed by atoms with van der Waals surface area (Å²) in [5.74, 6) is 0.920. The van der Waals surface area contributed by atoms with Crippen LogP contribution >= 0.6 is 24.8 Å². The number of hydrogen-bond donors (Lipinski definition) is 0. The summed E-state index contributed by atoms with van der Waals surface area (Å²) in [6, 6.07) is 12.3. The summed E-state index contributed by atoms with van der Waals surface area (Å²) in [6.45, 7) is 0. The van der Waals surface area contributed by atoms with Crippen LogP contribution in [0, 0.1) is 0 Å². The van der Waals surface area contributed by atoms with Crippen molar-refractivity contribution in [3.05, 3.63) is 36.4 Å². The first-order chi connectivity index (χ1) is 5.40. The maximum absolute atomic E-state index is 5.09. The van der Waals surface area contributed by atoms with Crippen LogP contribution in [0.15, 0.2) is 36.4 Å². The average molecular weight is 397 g/mol. The van der Waals surface area contributed by atoms with Gasteiger partial charge in [-0.05, 0) is 0 Å². The molecule has 0 aromatic heterocycles. The number of fused-ring (bicyclic) bond motifs is 1. The fraction of sp³-hybridized carbons (Fsp3) is 0.100. The average Bonchev–Trinajstić information content (AvgIpc) is 2.50. The van der Waals surface area contributed by atoms with Gasteiger partial charge in [0.25, 0.3) is 0 Å². The quantitative estimate of drug-likeness (QED) is 0.530. The van der Waals surface area contributed by atoms with E-state index in [1.807, 2.05) is 18.2 Å². The van der Waals surface area contributed by atoms with Crippen molar-refractivity contribution in [2.24, 2.45) is 0 Å². The van der Waals surface area contributed by atoms with Crippen LogP contribution in [-0.2, 0) is 25.8 Å². The van der Waals surface area contributed by atoms with Crippen LogP contribution in [0.1, 0.15) is 0 Å². The zero-order valence-electron chi connectivity index (χ0n) is 7.69. The molecule has 0 bridgehead atoms. The van der Waals surface area contributed by atoms with Crippen LogP contribution in [-0.4, -0.2) is 7.11 Å². The van der Waals surface area contributed by atoms with Gasteiger partial charge in [0.05, 0.1) is 12.9 Å². The molecule has 0 amide bonds. The van der Waals surface area contributed by atoms with Gasteiger partial charge in [0.2, 0.25) is 0 Å². The molecule has 0 radical (unpaired) electrons. The Morgan fingerprint density at radius 2 is 1.86 bits per heavy atom. The Bertz CT molecular complexity index is 373. The van der Waals surface area contributed by atoms with E-state index in [2.05, 4.69) is 18.2 Å². The van der Waals surface area contributed by atoms with Crippen molar-refractivity contribution in [1.82, 2.24) is 0 Å². The van der Waals surface area contributed by atoms with Crippen LogP contribution in [0.4, 0.5) is 0 Å². The van der Waals surface area contributed by atoms with Crippen LogP contribution in [0.2, 0.25) is 0 Å². The summed E-state index contributed by atoms with van der Waals surface area (Å²) in [5.41, 5.74) is 0. The number of hydrogen-bond acceptors (Lipinski definition) is 1. The molecule has 0 heterocycles. The van der Waals surface area contributed by atoms with E-state index in [1.165, 1.54) is 10.8 Å². The van der Waals surface area contributed by atoms with Crippen LogP contribution < -0.4 is 4.74 Å². The van der Waals surface area contributed by atoms with Crippen LogP contribution in [0.3, 0.4) is 0 Å². The molecule has 0 aliphatic heterocycles.